The van der Waals surface area contributed by atoms with Crippen molar-refractivity contribution in [1.82, 2.24) is 19.5 Å². The number of thiophene rings is 1. The highest BCUT2D eigenvalue weighted by Crippen LogP contribution is 2.25. The van der Waals surface area contributed by atoms with Gasteiger partial charge in [0.25, 0.3) is 0 Å². The number of sulfonamides is 1. The van der Waals surface area contributed by atoms with E-state index in [-0.39, 0.29) is 15.9 Å². The Morgan fingerprint density at radius 1 is 1.24 bits per heavy atom. The van der Waals surface area contributed by atoms with Crippen LogP contribution in [0.1, 0.15) is 31.2 Å². The molecule has 0 fully saturated rings. The predicted molar refractivity (Wildman–Crippen MR) is 112 cm³/mol. The van der Waals surface area contributed by atoms with E-state index in [9.17, 15) is 12.8 Å². The zero-order valence-electron chi connectivity index (χ0n) is 15.9. The number of benzene rings is 1. The lowest BCUT2D eigenvalue weighted by Gasteiger charge is -2.15. The lowest BCUT2D eigenvalue weighted by molar-refractivity contribution is 0.449. The van der Waals surface area contributed by atoms with Crippen molar-refractivity contribution in [3.8, 4) is 0 Å². The van der Waals surface area contributed by atoms with Gasteiger partial charge in [0.1, 0.15) is 22.2 Å². The van der Waals surface area contributed by atoms with E-state index < -0.39 is 10.0 Å². The highest BCUT2D eigenvalue weighted by atomic mass is 35.5. The fourth-order valence-electron chi connectivity index (χ4n) is 2.90. The summed E-state index contributed by atoms with van der Waals surface area (Å²) in [4.78, 5) is 4.32. The third-order valence-electron chi connectivity index (χ3n) is 4.67. The zero-order valence-corrected chi connectivity index (χ0v) is 18.3. The lowest BCUT2D eigenvalue weighted by Crippen LogP contribution is -2.29. The van der Waals surface area contributed by atoms with Crippen LogP contribution in [0.4, 0.5) is 4.39 Å². The summed E-state index contributed by atoms with van der Waals surface area (Å²) in [6, 6.07) is 9.38. The summed E-state index contributed by atoms with van der Waals surface area (Å²) in [6.45, 7) is 2.89. The van der Waals surface area contributed by atoms with Gasteiger partial charge in [0.15, 0.2) is 0 Å². The van der Waals surface area contributed by atoms with Crippen LogP contribution < -0.4 is 4.72 Å². The topological polar surface area (TPSA) is 76.9 Å². The summed E-state index contributed by atoms with van der Waals surface area (Å²) in [7, 11) is -3.55. The molecule has 0 saturated heterocycles. The number of rotatable bonds is 10. The van der Waals surface area contributed by atoms with Gasteiger partial charge in [-0.05, 0) is 42.2 Å². The van der Waals surface area contributed by atoms with Gasteiger partial charge >= 0.3 is 0 Å². The van der Waals surface area contributed by atoms with Gasteiger partial charge in [-0.25, -0.2) is 27.2 Å². The summed E-state index contributed by atoms with van der Waals surface area (Å²) >= 11 is 6.88. The van der Waals surface area contributed by atoms with Crippen molar-refractivity contribution in [1.29, 1.82) is 0 Å². The molecular weight excluding hydrogens is 435 g/mol. The van der Waals surface area contributed by atoms with E-state index >= 15 is 0 Å². The average molecular weight is 457 g/mol. The van der Waals surface area contributed by atoms with E-state index in [0.29, 0.717) is 23.8 Å². The molecule has 0 aliphatic rings. The predicted octanol–water partition coefficient (Wildman–Crippen LogP) is 4.12. The number of hydrogen-bond acceptors (Lipinski definition) is 5. The number of nitrogens with one attached hydrogen (secondary N) is 1. The van der Waals surface area contributed by atoms with Crippen LogP contribution in [0.5, 0.6) is 0 Å². The maximum absolute atomic E-state index is 13.1. The minimum Gasteiger partial charge on any atom is -0.246 e. The van der Waals surface area contributed by atoms with E-state index in [1.54, 1.807) is 22.9 Å². The van der Waals surface area contributed by atoms with Gasteiger partial charge in [0.2, 0.25) is 10.0 Å². The molecule has 2 aromatic heterocycles. The molecule has 1 aromatic carbocycles. The molecule has 29 heavy (non-hydrogen) atoms. The molecule has 0 spiro atoms. The third-order valence-corrected chi connectivity index (χ3v) is 7.82. The quantitative estimate of drug-likeness (QED) is 0.498. The summed E-state index contributed by atoms with van der Waals surface area (Å²) in [6.07, 6.45) is 3.78. The molecule has 1 atom stereocenters. The average Bonchev–Trinajstić information content (AvgIpc) is 3.33. The smallest absolute Gasteiger partial charge is 0.246 e. The summed E-state index contributed by atoms with van der Waals surface area (Å²) < 4.78 is 42.9. The van der Waals surface area contributed by atoms with Crippen molar-refractivity contribution in [2.75, 3.05) is 6.54 Å². The fourth-order valence-corrected chi connectivity index (χ4v) is 5.54. The molecule has 0 radical (unpaired) electrons. The molecule has 0 aliphatic heterocycles. The first-order valence-electron chi connectivity index (χ1n) is 9.23. The highest BCUT2D eigenvalue weighted by molar-refractivity contribution is 7.91. The van der Waals surface area contributed by atoms with Crippen molar-refractivity contribution in [3.05, 3.63) is 64.3 Å². The van der Waals surface area contributed by atoms with Gasteiger partial charge in [-0.15, -0.1) is 11.3 Å². The largest absolute Gasteiger partial charge is 0.250 e. The van der Waals surface area contributed by atoms with Crippen LogP contribution in [0.15, 0.2) is 46.9 Å². The summed E-state index contributed by atoms with van der Waals surface area (Å²) in [5.74, 6) is 0.711. The minimum atomic E-state index is -3.55. The van der Waals surface area contributed by atoms with E-state index in [1.807, 2.05) is 6.92 Å². The zero-order chi connectivity index (χ0) is 20.9. The maximum atomic E-state index is 13.1. The van der Waals surface area contributed by atoms with Crippen molar-refractivity contribution < 1.29 is 12.8 Å². The molecule has 2 heterocycles. The Morgan fingerprint density at radius 3 is 2.66 bits per heavy atom. The van der Waals surface area contributed by atoms with Gasteiger partial charge in [-0.2, -0.15) is 5.10 Å². The maximum Gasteiger partial charge on any atom is 0.250 e. The molecule has 0 bridgehead atoms. The van der Waals surface area contributed by atoms with Gasteiger partial charge in [-0.3, -0.25) is 0 Å². The first-order valence-corrected chi connectivity index (χ1v) is 11.9. The molecular formula is C19H22ClFN4O2S2. The molecule has 0 aliphatic carbocycles. The second kappa shape index (κ2) is 9.80. The van der Waals surface area contributed by atoms with E-state index in [0.717, 1.165) is 35.6 Å². The second-order valence-electron chi connectivity index (χ2n) is 6.68. The molecule has 10 heteroatoms. The fraction of sp³-hybridized carbons (Fsp3) is 0.368. The van der Waals surface area contributed by atoms with Crippen molar-refractivity contribution in [2.45, 2.75) is 36.9 Å². The number of aromatic nitrogens is 3. The number of hydrogen-bond donors (Lipinski definition) is 1. The number of nitrogens with zero attached hydrogens (tertiary/aromatic N) is 3. The Bertz CT molecular complexity index is 1030. The highest BCUT2D eigenvalue weighted by Gasteiger charge is 2.19. The third kappa shape index (κ3) is 6.08. The van der Waals surface area contributed by atoms with E-state index in [1.165, 1.54) is 24.5 Å². The molecule has 3 aromatic rings. The lowest BCUT2D eigenvalue weighted by atomic mass is 10.0. The van der Waals surface area contributed by atoms with Gasteiger partial charge < -0.3 is 0 Å². The molecule has 1 unspecified atom stereocenters. The normalized spacial score (nSPS) is 12.9. The van der Waals surface area contributed by atoms with Gasteiger partial charge in [0.05, 0.1) is 10.9 Å². The Labute approximate surface area is 178 Å². The standard InChI is InChI=1S/C19H22ClFN4O2S2/c1-2-14(11-24-29(26,27)19-10-8-17(20)28-19)5-9-18-22-13-23-25(18)12-15-3-6-16(21)7-4-15/h3-4,6-8,10,13-14,24H,2,5,9,11-12H2,1H3. The first kappa shape index (κ1) is 21.9. The van der Waals surface area contributed by atoms with E-state index in [4.69, 9.17) is 11.6 Å². The van der Waals surface area contributed by atoms with E-state index in [2.05, 4.69) is 14.8 Å². The second-order valence-corrected chi connectivity index (χ2v) is 10.4. The Morgan fingerprint density at radius 2 is 2.00 bits per heavy atom. The Hall–Kier alpha value is -1.81. The first-order chi connectivity index (χ1) is 13.9. The molecule has 3 rings (SSSR count). The van der Waals surface area contributed by atoms with Crippen molar-refractivity contribution in [3.63, 3.8) is 0 Å². The van der Waals surface area contributed by atoms with Crippen LogP contribution in [0.3, 0.4) is 0 Å². The van der Waals surface area contributed by atoms with Crippen LogP contribution in [-0.4, -0.2) is 29.7 Å². The summed E-state index contributed by atoms with van der Waals surface area (Å²) in [5, 5.41) is 4.25. The molecule has 0 saturated carbocycles. The van der Waals surface area contributed by atoms with Crippen LogP contribution >= 0.6 is 22.9 Å². The Kier molecular flexibility index (Phi) is 7.39. The SMILES string of the molecule is CCC(CCc1ncnn1Cc1ccc(F)cc1)CNS(=O)(=O)c1ccc(Cl)s1. The van der Waals surface area contributed by atoms with Gasteiger partial charge in [-0.1, -0.05) is 37.1 Å². The number of aryl methyl sites for hydroxylation is 1. The van der Waals surface area contributed by atoms with Crippen LogP contribution in [0.2, 0.25) is 4.34 Å². The number of halogens is 2. The molecule has 0 amide bonds. The minimum absolute atomic E-state index is 0.163. The molecule has 156 valence electrons. The summed E-state index contributed by atoms with van der Waals surface area (Å²) in [5.41, 5.74) is 0.938. The van der Waals surface area contributed by atoms with Crippen LogP contribution in [0.25, 0.3) is 0 Å². The Balaban J connectivity index is 1.56. The van der Waals surface area contributed by atoms with Crippen LogP contribution in [0, 0.1) is 11.7 Å². The van der Waals surface area contributed by atoms with Crippen molar-refractivity contribution >= 4 is 33.0 Å². The monoisotopic (exact) mass is 456 g/mol. The molecule has 1 N–H and O–H groups in total. The molecule has 6 nitrogen and oxygen atoms in total. The van der Waals surface area contributed by atoms with Crippen molar-refractivity contribution in [2.24, 2.45) is 5.92 Å². The van der Waals surface area contributed by atoms with Gasteiger partial charge in [0, 0.05) is 13.0 Å². The van der Waals surface area contributed by atoms with Crippen LogP contribution in [-0.2, 0) is 23.0 Å².